The summed E-state index contributed by atoms with van der Waals surface area (Å²) in [7, 11) is 2.09. The van der Waals surface area contributed by atoms with E-state index in [1.165, 1.54) is 5.69 Å². The van der Waals surface area contributed by atoms with Crippen LogP contribution in [-0.2, 0) is 13.5 Å². The Balaban J connectivity index is 2.41. The van der Waals surface area contributed by atoms with Crippen molar-refractivity contribution in [1.29, 1.82) is 0 Å². The number of pyridine rings is 1. The van der Waals surface area contributed by atoms with E-state index in [0.29, 0.717) is 6.04 Å². The highest BCUT2D eigenvalue weighted by Gasteiger charge is 2.03. The van der Waals surface area contributed by atoms with Gasteiger partial charge in [-0.1, -0.05) is 19.9 Å². The average molecular weight is 179 g/mol. The first kappa shape index (κ1) is 10.2. The Labute approximate surface area is 80.6 Å². The van der Waals surface area contributed by atoms with Crippen molar-refractivity contribution in [3.8, 4) is 0 Å². The number of nitrogens with one attached hydrogen (secondary N) is 1. The zero-order valence-electron chi connectivity index (χ0n) is 8.75. The van der Waals surface area contributed by atoms with Crippen LogP contribution in [0.4, 0.5) is 0 Å². The summed E-state index contributed by atoms with van der Waals surface area (Å²) in [6.45, 7) is 5.39. The highest BCUT2D eigenvalue weighted by atomic mass is 14.9. The predicted molar refractivity (Wildman–Crippen MR) is 54.5 cm³/mol. The van der Waals surface area contributed by atoms with Gasteiger partial charge in [0, 0.05) is 31.1 Å². The van der Waals surface area contributed by atoms with Gasteiger partial charge in [-0.2, -0.15) is 0 Å². The Morgan fingerprint density at radius 3 is 2.77 bits per heavy atom. The van der Waals surface area contributed by atoms with Gasteiger partial charge in [-0.25, -0.2) is 4.57 Å². The molecule has 0 aromatic carbocycles. The van der Waals surface area contributed by atoms with Crippen LogP contribution in [0.2, 0.25) is 0 Å². The number of hydrogen-bond acceptors (Lipinski definition) is 1. The van der Waals surface area contributed by atoms with Crippen molar-refractivity contribution in [2.75, 3.05) is 6.54 Å². The quantitative estimate of drug-likeness (QED) is 0.683. The van der Waals surface area contributed by atoms with Gasteiger partial charge in [0.05, 0.1) is 0 Å². The Kier molecular flexibility index (Phi) is 3.90. The van der Waals surface area contributed by atoms with Crippen LogP contribution in [0.3, 0.4) is 0 Å². The molecule has 1 aromatic rings. The third-order valence-electron chi connectivity index (χ3n) is 2.10. The summed E-state index contributed by atoms with van der Waals surface area (Å²) in [5.41, 5.74) is 1.37. The van der Waals surface area contributed by atoms with Crippen molar-refractivity contribution in [3.63, 3.8) is 0 Å². The zero-order chi connectivity index (χ0) is 9.68. The molecule has 0 radical (unpaired) electrons. The molecule has 2 heteroatoms. The van der Waals surface area contributed by atoms with Crippen molar-refractivity contribution in [3.05, 3.63) is 30.1 Å². The lowest BCUT2D eigenvalue weighted by molar-refractivity contribution is -0.679. The zero-order valence-corrected chi connectivity index (χ0v) is 8.75. The smallest absolute Gasteiger partial charge is 0.182 e. The fourth-order valence-corrected chi connectivity index (χ4v) is 1.31. The standard InChI is InChI=1S/C11H19N2/c1-10(2)12-8-7-11-6-4-5-9-13(11)3/h4-6,9-10,12H,7-8H2,1-3H3/q+1. The lowest BCUT2D eigenvalue weighted by Gasteiger charge is -2.06. The van der Waals surface area contributed by atoms with Crippen LogP contribution in [0, 0.1) is 0 Å². The van der Waals surface area contributed by atoms with Crippen molar-refractivity contribution in [1.82, 2.24) is 5.32 Å². The molecule has 1 N–H and O–H groups in total. The van der Waals surface area contributed by atoms with Gasteiger partial charge in [0.15, 0.2) is 11.9 Å². The third-order valence-corrected chi connectivity index (χ3v) is 2.10. The van der Waals surface area contributed by atoms with Crippen LogP contribution in [0.25, 0.3) is 0 Å². The molecule has 1 heterocycles. The molecule has 0 aliphatic rings. The molecule has 0 spiro atoms. The minimum atomic E-state index is 0.578. The summed E-state index contributed by atoms with van der Waals surface area (Å²) in [6, 6.07) is 6.89. The Morgan fingerprint density at radius 1 is 1.38 bits per heavy atom. The van der Waals surface area contributed by atoms with E-state index in [2.05, 4.69) is 55.2 Å². The van der Waals surface area contributed by atoms with E-state index < -0.39 is 0 Å². The molecule has 0 aliphatic heterocycles. The van der Waals surface area contributed by atoms with E-state index in [0.717, 1.165) is 13.0 Å². The van der Waals surface area contributed by atoms with E-state index in [1.54, 1.807) is 0 Å². The minimum absolute atomic E-state index is 0.578. The summed E-state index contributed by atoms with van der Waals surface area (Å²) in [5, 5.41) is 3.41. The Hall–Kier alpha value is -0.890. The minimum Gasteiger partial charge on any atom is -0.314 e. The molecule has 0 saturated carbocycles. The van der Waals surface area contributed by atoms with E-state index in [4.69, 9.17) is 0 Å². The average Bonchev–Trinajstić information content (AvgIpc) is 2.08. The van der Waals surface area contributed by atoms with E-state index in [-0.39, 0.29) is 0 Å². The lowest BCUT2D eigenvalue weighted by Crippen LogP contribution is -2.35. The van der Waals surface area contributed by atoms with Crippen LogP contribution < -0.4 is 9.88 Å². The first-order valence-electron chi connectivity index (χ1n) is 4.87. The monoisotopic (exact) mass is 179 g/mol. The first-order valence-corrected chi connectivity index (χ1v) is 4.87. The van der Waals surface area contributed by atoms with Gasteiger partial charge >= 0.3 is 0 Å². The molecule has 0 fully saturated rings. The summed E-state index contributed by atoms with van der Waals surface area (Å²) >= 11 is 0. The van der Waals surface area contributed by atoms with Crippen molar-refractivity contribution >= 4 is 0 Å². The van der Waals surface area contributed by atoms with Gasteiger partial charge in [-0.3, -0.25) is 0 Å². The fraction of sp³-hybridized carbons (Fsp3) is 0.545. The van der Waals surface area contributed by atoms with Crippen molar-refractivity contribution in [2.45, 2.75) is 26.3 Å². The highest BCUT2D eigenvalue weighted by Crippen LogP contribution is 1.91. The van der Waals surface area contributed by atoms with Crippen LogP contribution >= 0.6 is 0 Å². The molecule has 0 unspecified atom stereocenters. The molecular weight excluding hydrogens is 160 g/mol. The summed E-state index contributed by atoms with van der Waals surface area (Å²) in [6.07, 6.45) is 3.18. The predicted octanol–water partition coefficient (Wildman–Crippen LogP) is 1.05. The second-order valence-electron chi connectivity index (χ2n) is 3.66. The Morgan fingerprint density at radius 2 is 2.15 bits per heavy atom. The van der Waals surface area contributed by atoms with E-state index in [9.17, 15) is 0 Å². The summed E-state index contributed by atoms with van der Waals surface area (Å²) in [4.78, 5) is 0. The molecule has 13 heavy (non-hydrogen) atoms. The maximum atomic E-state index is 3.41. The molecule has 2 nitrogen and oxygen atoms in total. The lowest BCUT2D eigenvalue weighted by atomic mass is 10.2. The molecule has 0 amide bonds. The summed E-state index contributed by atoms with van der Waals surface area (Å²) < 4.78 is 2.17. The SMILES string of the molecule is CC(C)NCCc1cccc[n+]1C. The molecule has 0 saturated heterocycles. The topological polar surface area (TPSA) is 15.9 Å². The van der Waals surface area contributed by atoms with E-state index >= 15 is 0 Å². The maximum absolute atomic E-state index is 3.41. The number of hydrogen-bond donors (Lipinski definition) is 1. The number of aryl methyl sites for hydroxylation is 1. The second-order valence-corrected chi connectivity index (χ2v) is 3.66. The third kappa shape index (κ3) is 3.55. The molecule has 1 rings (SSSR count). The number of nitrogens with zero attached hydrogens (tertiary/aromatic N) is 1. The first-order chi connectivity index (χ1) is 6.20. The van der Waals surface area contributed by atoms with Gasteiger partial charge in [0.2, 0.25) is 0 Å². The molecule has 0 bridgehead atoms. The van der Waals surface area contributed by atoms with Gasteiger partial charge in [0.1, 0.15) is 7.05 Å². The van der Waals surface area contributed by atoms with Crippen molar-refractivity contribution in [2.24, 2.45) is 7.05 Å². The van der Waals surface area contributed by atoms with Crippen LogP contribution in [0.5, 0.6) is 0 Å². The Bertz CT molecular complexity index is 256. The van der Waals surface area contributed by atoms with Gasteiger partial charge < -0.3 is 5.32 Å². The normalized spacial score (nSPS) is 10.8. The number of rotatable bonds is 4. The number of aromatic nitrogens is 1. The molecule has 0 atom stereocenters. The van der Waals surface area contributed by atoms with Gasteiger partial charge in [-0.15, -0.1) is 0 Å². The second kappa shape index (κ2) is 4.97. The van der Waals surface area contributed by atoms with Crippen LogP contribution in [0.1, 0.15) is 19.5 Å². The molecule has 1 aromatic heterocycles. The molecular formula is C11H19N2+. The highest BCUT2D eigenvalue weighted by molar-refractivity contribution is 4.97. The summed E-state index contributed by atoms with van der Waals surface area (Å²) in [5.74, 6) is 0. The van der Waals surface area contributed by atoms with Crippen LogP contribution in [-0.4, -0.2) is 12.6 Å². The van der Waals surface area contributed by atoms with Gasteiger partial charge in [0.25, 0.3) is 0 Å². The molecule has 72 valence electrons. The fourth-order valence-electron chi connectivity index (χ4n) is 1.31. The van der Waals surface area contributed by atoms with Crippen LogP contribution in [0.15, 0.2) is 24.4 Å². The maximum Gasteiger partial charge on any atom is 0.182 e. The van der Waals surface area contributed by atoms with Gasteiger partial charge in [-0.05, 0) is 0 Å². The van der Waals surface area contributed by atoms with E-state index in [1.807, 2.05) is 0 Å². The largest absolute Gasteiger partial charge is 0.314 e. The van der Waals surface area contributed by atoms with Crippen molar-refractivity contribution < 1.29 is 4.57 Å². The molecule has 0 aliphatic carbocycles.